The quantitative estimate of drug-likeness (QED) is 0.213. The van der Waals surface area contributed by atoms with Gasteiger partial charge in [0.05, 0.1) is 12.1 Å². The zero-order chi connectivity index (χ0) is 32.0. The first-order chi connectivity index (χ1) is 21.1. The molecule has 0 aliphatic heterocycles. The maximum Gasteiger partial charge on any atom is 0.523 e. The van der Waals surface area contributed by atoms with Crippen LogP contribution in [0.5, 0.6) is 0 Å². The van der Waals surface area contributed by atoms with Gasteiger partial charge in [-0.05, 0) is 52.1 Å². The minimum absolute atomic E-state index is 0.261. The van der Waals surface area contributed by atoms with Gasteiger partial charge in [-0.2, -0.15) is 25.5 Å². The molecule has 0 aromatic heterocycles. The van der Waals surface area contributed by atoms with E-state index in [0.717, 1.165) is 0 Å². The van der Waals surface area contributed by atoms with Crippen molar-refractivity contribution < 1.29 is 26.3 Å². The van der Waals surface area contributed by atoms with Gasteiger partial charge < -0.3 is 0 Å². The van der Waals surface area contributed by atoms with Crippen molar-refractivity contribution >= 4 is 16.8 Å². The Morgan fingerprint density at radius 3 is 1.50 bits per heavy atom. The second kappa shape index (κ2) is 10.7. The van der Waals surface area contributed by atoms with Gasteiger partial charge in [-0.25, -0.2) is 31.2 Å². The van der Waals surface area contributed by atoms with Crippen molar-refractivity contribution in [3.8, 4) is 18.2 Å². The van der Waals surface area contributed by atoms with Crippen molar-refractivity contribution in [1.29, 1.82) is 15.8 Å². The van der Waals surface area contributed by atoms with Crippen LogP contribution in [0.3, 0.4) is 0 Å². The summed E-state index contributed by atoms with van der Waals surface area (Å²) in [5.41, 5.74) is -5.59. The zero-order valence-corrected chi connectivity index (χ0v) is 21.7. The molecule has 2 aliphatic rings. The molecule has 0 fully saturated rings. The van der Waals surface area contributed by atoms with Gasteiger partial charge in [0.15, 0.2) is 0 Å². The molecule has 0 bridgehead atoms. The summed E-state index contributed by atoms with van der Waals surface area (Å²) in [6, 6.07) is 7.25. The van der Waals surface area contributed by atoms with Crippen molar-refractivity contribution in [2.24, 2.45) is 0 Å². The second-order valence-corrected chi connectivity index (χ2v) is 9.37. The van der Waals surface area contributed by atoms with Crippen LogP contribution >= 0.6 is 0 Å². The molecular formula is C32H8F6N6. The van der Waals surface area contributed by atoms with Crippen LogP contribution in [-0.2, 0) is 12.8 Å². The van der Waals surface area contributed by atoms with E-state index in [1.54, 1.807) is 12.1 Å². The summed E-state index contributed by atoms with van der Waals surface area (Å²) >= 11 is 0. The molecule has 0 N–H and O–H groups in total. The fraction of sp³-hybridized carbons (Fsp3) is 0.0625. The Hall–Kier alpha value is -6.60. The van der Waals surface area contributed by atoms with Gasteiger partial charge in [0.25, 0.3) is 5.69 Å². The number of halogens is 6. The SMILES string of the molecule is [C-]#[N+]C([N+]#[C-])=C1Cc2c(F)c3c(c(F)c2=C1c1cc(F)c([N+]#[C-])c(F)c1)CC(=C(C#N)C#N)C=3c1cc(F)c(C#N)c(F)c1. The van der Waals surface area contributed by atoms with Crippen molar-refractivity contribution in [2.75, 3.05) is 0 Å². The number of rotatable bonds is 2. The van der Waals surface area contributed by atoms with E-state index in [4.69, 9.17) is 25.0 Å². The highest BCUT2D eigenvalue weighted by Gasteiger charge is 2.37. The van der Waals surface area contributed by atoms with E-state index in [1.807, 2.05) is 0 Å². The van der Waals surface area contributed by atoms with Crippen LogP contribution in [-0.4, -0.2) is 0 Å². The predicted molar refractivity (Wildman–Crippen MR) is 140 cm³/mol. The second-order valence-electron chi connectivity index (χ2n) is 9.37. The van der Waals surface area contributed by atoms with Gasteiger partial charge in [0.1, 0.15) is 77.4 Å². The molecule has 3 aromatic rings. The number of benzene rings is 3. The monoisotopic (exact) mass is 590 g/mol. The molecular weight excluding hydrogens is 582 g/mol. The summed E-state index contributed by atoms with van der Waals surface area (Å²) in [6.07, 6.45) is -1.23. The molecule has 2 aliphatic carbocycles. The van der Waals surface area contributed by atoms with Crippen LogP contribution in [0.1, 0.15) is 27.8 Å². The maximum atomic E-state index is 16.6. The number of nitriles is 3. The molecule has 0 radical (unpaired) electrons. The largest absolute Gasteiger partial charge is 0.523 e. The molecule has 3 aromatic carbocycles. The third-order valence-corrected chi connectivity index (χ3v) is 7.25. The Bertz CT molecular complexity index is 2120. The van der Waals surface area contributed by atoms with Crippen molar-refractivity contribution in [2.45, 2.75) is 12.8 Å². The van der Waals surface area contributed by atoms with E-state index >= 15 is 8.78 Å². The first-order valence-electron chi connectivity index (χ1n) is 12.1. The summed E-state index contributed by atoms with van der Waals surface area (Å²) in [7, 11) is 0. The minimum atomic E-state index is -1.34. The van der Waals surface area contributed by atoms with Crippen molar-refractivity contribution in [1.82, 2.24) is 0 Å². The molecule has 0 unspecified atom stereocenters. The normalized spacial score (nSPS) is 12.7. The molecule has 44 heavy (non-hydrogen) atoms. The average molecular weight is 590 g/mol. The number of allylic oxidation sites excluding steroid dienone is 3. The molecule has 0 atom stereocenters. The molecule has 0 saturated carbocycles. The van der Waals surface area contributed by atoms with Gasteiger partial charge in [0, 0.05) is 34.4 Å². The fourth-order valence-corrected chi connectivity index (χ4v) is 5.47. The molecule has 12 heteroatoms. The Balaban J connectivity index is 2.03. The average Bonchev–Trinajstić information content (AvgIpc) is 3.58. The van der Waals surface area contributed by atoms with Crippen LogP contribution in [0.4, 0.5) is 32.0 Å². The van der Waals surface area contributed by atoms with Gasteiger partial charge in [-0.3, -0.25) is 0 Å². The van der Waals surface area contributed by atoms with Crippen LogP contribution in [0.25, 0.3) is 25.7 Å². The predicted octanol–water partition coefficient (Wildman–Crippen LogP) is 5.85. The van der Waals surface area contributed by atoms with Crippen molar-refractivity contribution in [3.05, 3.63) is 154 Å². The molecule has 5 rings (SSSR count). The fourth-order valence-electron chi connectivity index (χ4n) is 5.47. The molecule has 0 saturated heterocycles. The summed E-state index contributed by atoms with van der Waals surface area (Å²) in [6.45, 7) is 21.8. The van der Waals surface area contributed by atoms with E-state index in [9.17, 15) is 28.1 Å². The summed E-state index contributed by atoms with van der Waals surface area (Å²) in [4.78, 5) is 8.96. The highest BCUT2D eigenvalue weighted by molar-refractivity contribution is 5.89. The van der Waals surface area contributed by atoms with Crippen LogP contribution in [0.15, 0.2) is 46.8 Å². The highest BCUT2D eigenvalue weighted by atomic mass is 19.2. The van der Waals surface area contributed by atoms with Gasteiger partial charge in [-0.15, -0.1) is 0 Å². The Kier molecular flexibility index (Phi) is 7.01. The lowest BCUT2D eigenvalue weighted by atomic mass is 9.94. The number of hydrogen-bond acceptors (Lipinski definition) is 3. The van der Waals surface area contributed by atoms with Crippen LogP contribution < -0.4 is 10.4 Å². The number of fused-ring (bicyclic) bond motifs is 2. The van der Waals surface area contributed by atoms with Crippen molar-refractivity contribution in [3.63, 3.8) is 0 Å². The molecule has 0 heterocycles. The third kappa shape index (κ3) is 4.07. The highest BCUT2D eigenvalue weighted by Crippen LogP contribution is 2.38. The molecule has 6 nitrogen and oxygen atoms in total. The Morgan fingerprint density at radius 1 is 0.659 bits per heavy atom. The molecule has 0 spiro atoms. The summed E-state index contributed by atoms with van der Waals surface area (Å²) in [5, 5.41) is 27.1. The first kappa shape index (κ1) is 28.9. The molecule has 208 valence electrons. The summed E-state index contributed by atoms with van der Waals surface area (Å²) in [5.74, 6) is -8.38. The van der Waals surface area contributed by atoms with Crippen LogP contribution in [0, 0.1) is 88.6 Å². The first-order valence-corrected chi connectivity index (χ1v) is 12.1. The van der Waals surface area contributed by atoms with E-state index < -0.39 is 109 Å². The number of hydrogen-bond donors (Lipinski definition) is 0. The third-order valence-electron chi connectivity index (χ3n) is 7.25. The van der Waals surface area contributed by atoms with Gasteiger partial charge in [0.2, 0.25) is 0 Å². The van der Waals surface area contributed by atoms with E-state index in [-0.39, 0.29) is 16.7 Å². The van der Waals surface area contributed by atoms with Gasteiger partial charge >= 0.3 is 5.82 Å². The van der Waals surface area contributed by atoms with E-state index in [1.165, 1.54) is 6.07 Å². The minimum Gasteiger partial charge on any atom is -0.232 e. The number of nitrogens with zero attached hydrogens (tertiary/aromatic N) is 6. The maximum absolute atomic E-state index is 16.6. The van der Waals surface area contributed by atoms with Crippen LogP contribution in [0.2, 0.25) is 0 Å². The smallest absolute Gasteiger partial charge is 0.232 e. The van der Waals surface area contributed by atoms with E-state index in [2.05, 4.69) is 14.5 Å². The topological polar surface area (TPSA) is 84.5 Å². The molecule has 0 amide bonds. The standard InChI is InChI=1S/C32H8F6N6/c1-42-31-23(35)6-14(7-24(31)36)26-19(32(43-2)44-3)9-18-28(26)29(37)17-8-16(15(10-39)11-40)25(27(17)30(18)38)13-4-21(33)20(12-41)22(34)5-13/h4-7H,8-9H2. The Labute approximate surface area is 244 Å². The van der Waals surface area contributed by atoms with E-state index in [0.29, 0.717) is 24.3 Å². The lowest BCUT2D eigenvalue weighted by Gasteiger charge is -2.09. The Morgan fingerprint density at radius 2 is 1.09 bits per heavy atom. The summed E-state index contributed by atoms with van der Waals surface area (Å²) < 4.78 is 91.9. The zero-order valence-electron chi connectivity index (χ0n) is 21.7. The van der Waals surface area contributed by atoms with Gasteiger partial charge in [-0.1, -0.05) is 0 Å². The lowest BCUT2D eigenvalue weighted by molar-refractivity contribution is 0.566. The lowest BCUT2D eigenvalue weighted by Crippen LogP contribution is -2.27.